The van der Waals surface area contributed by atoms with Crippen molar-refractivity contribution in [1.29, 1.82) is 0 Å². The minimum absolute atomic E-state index is 0.220. The summed E-state index contributed by atoms with van der Waals surface area (Å²) in [5, 5.41) is 0. The third-order valence-corrected chi connectivity index (χ3v) is 5.63. The second-order valence-electron chi connectivity index (χ2n) is 8.04. The van der Waals surface area contributed by atoms with Crippen molar-refractivity contribution in [1.82, 2.24) is 4.90 Å². The Bertz CT molecular complexity index is 1070. The van der Waals surface area contributed by atoms with Crippen LogP contribution in [0.15, 0.2) is 78.4 Å². The van der Waals surface area contributed by atoms with Crippen LogP contribution in [0.25, 0.3) is 5.76 Å². The van der Waals surface area contributed by atoms with Crippen LogP contribution in [-0.4, -0.2) is 39.8 Å². The van der Waals surface area contributed by atoms with Gasteiger partial charge in [0, 0.05) is 23.6 Å². The number of para-hydroxylation sites is 1. The van der Waals surface area contributed by atoms with Gasteiger partial charge >= 0.3 is 0 Å². The molecule has 4 nitrogen and oxygen atoms in total. The van der Waals surface area contributed by atoms with E-state index >= 15 is 0 Å². The molecule has 0 spiro atoms. The van der Waals surface area contributed by atoms with Gasteiger partial charge in [-0.3, -0.25) is 0 Å². The van der Waals surface area contributed by atoms with Crippen LogP contribution in [0.2, 0.25) is 0 Å². The molecule has 4 rings (SSSR count). The van der Waals surface area contributed by atoms with Crippen LogP contribution >= 0.6 is 0 Å². The number of benzene rings is 3. The summed E-state index contributed by atoms with van der Waals surface area (Å²) in [6.45, 7) is 0.801. The molecule has 0 N–H and O–H groups in total. The molecular weight excluding hydrogens is 386 g/mol. The molecule has 0 bridgehead atoms. The maximum atomic E-state index is 6.53. The molecule has 3 aromatic rings. The summed E-state index contributed by atoms with van der Waals surface area (Å²) >= 11 is 0. The van der Waals surface area contributed by atoms with Crippen molar-refractivity contribution in [3.63, 3.8) is 0 Å². The third kappa shape index (κ3) is 4.44. The Morgan fingerprint density at radius 2 is 1.55 bits per heavy atom. The average Bonchev–Trinajstić information content (AvgIpc) is 2.80. The highest BCUT2D eigenvalue weighted by molar-refractivity contribution is 5.72. The summed E-state index contributed by atoms with van der Waals surface area (Å²) in [4.78, 5) is 2.20. The van der Waals surface area contributed by atoms with E-state index < -0.39 is 0 Å². The lowest BCUT2D eigenvalue weighted by Crippen LogP contribution is -2.25. The number of fused-ring (bicyclic) bond motifs is 1. The molecule has 4 heteroatoms. The first-order valence-corrected chi connectivity index (χ1v) is 10.5. The standard InChI is InChI=1S/C27H29NO3/c1-28(2)18-23-22(16-19-10-6-5-7-11-19)21-12-8-9-13-24(21)31-27(23)20-14-15-25(29-3)26(17-20)30-4/h5-15,17,22H,16,18H2,1-4H3. The lowest BCUT2D eigenvalue weighted by Gasteiger charge is -2.33. The monoisotopic (exact) mass is 415 g/mol. The summed E-state index contributed by atoms with van der Waals surface area (Å²) in [5.74, 6) is 3.43. The Morgan fingerprint density at radius 3 is 2.26 bits per heavy atom. The summed E-state index contributed by atoms with van der Waals surface area (Å²) in [6.07, 6.45) is 0.918. The Morgan fingerprint density at radius 1 is 0.839 bits per heavy atom. The molecule has 31 heavy (non-hydrogen) atoms. The number of hydrogen-bond acceptors (Lipinski definition) is 4. The average molecular weight is 416 g/mol. The van der Waals surface area contributed by atoms with Crippen molar-refractivity contribution in [3.8, 4) is 17.2 Å². The molecule has 1 aliphatic rings. The lowest BCUT2D eigenvalue weighted by atomic mass is 9.81. The summed E-state index contributed by atoms with van der Waals surface area (Å²) in [5.41, 5.74) is 4.79. The van der Waals surface area contributed by atoms with E-state index in [0.29, 0.717) is 11.5 Å². The van der Waals surface area contributed by atoms with Crippen molar-refractivity contribution in [3.05, 3.63) is 95.1 Å². The first-order valence-electron chi connectivity index (χ1n) is 10.5. The highest BCUT2D eigenvalue weighted by atomic mass is 16.5. The van der Waals surface area contributed by atoms with Gasteiger partial charge in [0.25, 0.3) is 0 Å². The molecule has 1 unspecified atom stereocenters. The molecular formula is C27H29NO3. The molecule has 1 aliphatic heterocycles. The van der Waals surface area contributed by atoms with Gasteiger partial charge < -0.3 is 19.1 Å². The summed E-state index contributed by atoms with van der Waals surface area (Å²) in [7, 11) is 7.50. The van der Waals surface area contributed by atoms with Crippen molar-refractivity contribution in [2.24, 2.45) is 0 Å². The van der Waals surface area contributed by atoms with Crippen LogP contribution in [0.3, 0.4) is 0 Å². The van der Waals surface area contributed by atoms with Crippen molar-refractivity contribution in [2.45, 2.75) is 12.3 Å². The zero-order valence-corrected chi connectivity index (χ0v) is 18.6. The van der Waals surface area contributed by atoms with Crippen LogP contribution in [0.1, 0.15) is 22.6 Å². The fraction of sp³-hybridized carbons (Fsp3) is 0.259. The Balaban J connectivity index is 1.87. The van der Waals surface area contributed by atoms with Gasteiger partial charge in [-0.1, -0.05) is 48.5 Å². The fourth-order valence-electron chi connectivity index (χ4n) is 4.21. The van der Waals surface area contributed by atoms with E-state index in [4.69, 9.17) is 14.2 Å². The van der Waals surface area contributed by atoms with Gasteiger partial charge in [-0.05, 0) is 55.9 Å². The highest BCUT2D eigenvalue weighted by Gasteiger charge is 2.31. The van der Waals surface area contributed by atoms with Gasteiger partial charge in [0.15, 0.2) is 11.5 Å². The zero-order valence-electron chi connectivity index (χ0n) is 18.6. The van der Waals surface area contributed by atoms with E-state index in [1.807, 2.05) is 24.3 Å². The molecule has 0 amide bonds. The first kappa shape index (κ1) is 21.0. The molecule has 3 aromatic carbocycles. The van der Waals surface area contributed by atoms with E-state index in [1.54, 1.807) is 14.2 Å². The van der Waals surface area contributed by atoms with Crippen LogP contribution in [0.4, 0.5) is 0 Å². The van der Waals surface area contributed by atoms with Gasteiger partial charge in [0.1, 0.15) is 11.5 Å². The number of methoxy groups -OCH3 is 2. The van der Waals surface area contributed by atoms with Crippen molar-refractivity contribution >= 4 is 5.76 Å². The minimum Gasteiger partial charge on any atom is -0.493 e. The molecule has 0 saturated carbocycles. The Hall–Kier alpha value is -3.24. The first-order chi connectivity index (χ1) is 15.1. The predicted molar refractivity (Wildman–Crippen MR) is 125 cm³/mol. The number of likely N-dealkylation sites (N-methyl/N-ethyl adjacent to an activating group) is 1. The molecule has 0 radical (unpaired) electrons. The number of hydrogen-bond donors (Lipinski definition) is 0. The number of rotatable bonds is 7. The Kier molecular flexibility index (Phi) is 6.28. The fourth-order valence-corrected chi connectivity index (χ4v) is 4.21. The van der Waals surface area contributed by atoms with Crippen LogP contribution in [-0.2, 0) is 6.42 Å². The van der Waals surface area contributed by atoms with Crippen molar-refractivity contribution in [2.75, 3.05) is 34.9 Å². The van der Waals surface area contributed by atoms with E-state index in [-0.39, 0.29) is 5.92 Å². The van der Waals surface area contributed by atoms with E-state index in [2.05, 4.69) is 67.5 Å². The second-order valence-corrected chi connectivity index (χ2v) is 8.04. The van der Waals surface area contributed by atoms with E-state index in [9.17, 15) is 0 Å². The molecule has 0 saturated heterocycles. The van der Waals surface area contributed by atoms with Crippen LogP contribution < -0.4 is 14.2 Å². The van der Waals surface area contributed by atoms with Gasteiger partial charge in [-0.2, -0.15) is 0 Å². The smallest absolute Gasteiger partial charge is 0.161 e. The van der Waals surface area contributed by atoms with Crippen LogP contribution in [0, 0.1) is 0 Å². The SMILES string of the molecule is COc1ccc(C2=C(CN(C)C)C(Cc3ccccc3)c3ccccc3O2)cc1OC. The molecule has 0 aromatic heterocycles. The molecule has 1 heterocycles. The zero-order chi connectivity index (χ0) is 21.8. The quantitative estimate of drug-likeness (QED) is 0.517. The second kappa shape index (κ2) is 9.27. The van der Waals surface area contributed by atoms with E-state index in [0.717, 1.165) is 30.0 Å². The largest absolute Gasteiger partial charge is 0.493 e. The third-order valence-electron chi connectivity index (χ3n) is 5.63. The van der Waals surface area contributed by atoms with Gasteiger partial charge in [0.05, 0.1) is 14.2 Å². The topological polar surface area (TPSA) is 30.9 Å². The van der Waals surface area contributed by atoms with Gasteiger partial charge in [-0.15, -0.1) is 0 Å². The normalized spacial score (nSPS) is 15.5. The number of nitrogens with zero attached hydrogens (tertiary/aromatic N) is 1. The molecule has 1 atom stereocenters. The molecule has 0 fully saturated rings. The van der Waals surface area contributed by atoms with Crippen molar-refractivity contribution < 1.29 is 14.2 Å². The highest BCUT2D eigenvalue weighted by Crippen LogP contribution is 2.45. The predicted octanol–water partition coefficient (Wildman–Crippen LogP) is 5.40. The lowest BCUT2D eigenvalue weighted by molar-refractivity contribution is 0.354. The molecule has 0 aliphatic carbocycles. The van der Waals surface area contributed by atoms with Crippen LogP contribution in [0.5, 0.6) is 17.2 Å². The maximum absolute atomic E-state index is 6.53. The summed E-state index contributed by atoms with van der Waals surface area (Å²) < 4.78 is 17.5. The van der Waals surface area contributed by atoms with Gasteiger partial charge in [0.2, 0.25) is 0 Å². The number of ether oxygens (including phenoxy) is 3. The van der Waals surface area contributed by atoms with E-state index in [1.165, 1.54) is 16.7 Å². The Labute approximate surface area is 184 Å². The maximum Gasteiger partial charge on any atom is 0.161 e. The van der Waals surface area contributed by atoms with Gasteiger partial charge in [-0.25, -0.2) is 0 Å². The molecule has 160 valence electrons. The minimum atomic E-state index is 0.220. The summed E-state index contributed by atoms with van der Waals surface area (Å²) in [6, 6.07) is 25.0.